The largest absolute Gasteiger partial charge is 0.388 e. The van der Waals surface area contributed by atoms with Crippen LogP contribution in [-0.4, -0.2) is 41.0 Å². The summed E-state index contributed by atoms with van der Waals surface area (Å²) in [4.78, 5) is 2.19. The van der Waals surface area contributed by atoms with E-state index >= 15 is 0 Å². The van der Waals surface area contributed by atoms with Gasteiger partial charge >= 0.3 is 0 Å². The highest BCUT2D eigenvalue weighted by Crippen LogP contribution is 2.18. The summed E-state index contributed by atoms with van der Waals surface area (Å²) in [5.74, 6) is 0.885. The molecule has 2 nitrogen and oxygen atoms in total. The summed E-state index contributed by atoms with van der Waals surface area (Å²) >= 11 is 4.08. The molecule has 1 rings (SSSR count). The van der Waals surface area contributed by atoms with E-state index in [1.807, 2.05) is 6.92 Å². The zero-order valence-electron chi connectivity index (χ0n) is 5.67. The van der Waals surface area contributed by atoms with E-state index < -0.39 is 5.60 Å². The fourth-order valence-electron chi connectivity index (χ4n) is 1.22. The number of thiol groups is 1. The molecule has 0 unspecified atom stereocenters. The summed E-state index contributed by atoms with van der Waals surface area (Å²) in [6.07, 6.45) is 0. The number of nitrogens with zero attached hydrogens (tertiary/aromatic N) is 1. The molecule has 1 fully saturated rings. The summed E-state index contributed by atoms with van der Waals surface area (Å²) < 4.78 is 0. The second-order valence-electron chi connectivity index (χ2n) is 2.93. The third-order valence-electron chi connectivity index (χ3n) is 1.54. The predicted octanol–water partition coefficient (Wildman–Crippen LogP) is -0.0172. The molecule has 0 aromatic heterocycles. The molecular formula is C6H13NOS. The molecule has 54 valence electrons. The van der Waals surface area contributed by atoms with E-state index in [1.54, 1.807) is 0 Å². The molecular weight excluding hydrogens is 134 g/mol. The smallest absolute Gasteiger partial charge is 0.0872 e. The maximum Gasteiger partial charge on any atom is 0.0872 e. The monoisotopic (exact) mass is 147 g/mol. The molecule has 3 heteroatoms. The Bertz CT molecular complexity index is 97.2. The molecule has 0 bridgehead atoms. The second-order valence-corrected chi connectivity index (χ2v) is 3.38. The van der Waals surface area contributed by atoms with Crippen molar-refractivity contribution in [1.82, 2.24) is 4.90 Å². The van der Waals surface area contributed by atoms with Crippen molar-refractivity contribution >= 4 is 12.6 Å². The molecule has 0 saturated carbocycles. The van der Waals surface area contributed by atoms with Crippen LogP contribution in [0.3, 0.4) is 0 Å². The van der Waals surface area contributed by atoms with Crippen molar-refractivity contribution in [3.8, 4) is 0 Å². The van der Waals surface area contributed by atoms with E-state index in [2.05, 4.69) is 17.5 Å². The average Bonchev–Trinajstić information content (AvgIpc) is 1.62. The predicted molar refractivity (Wildman–Crippen MR) is 40.9 cm³/mol. The van der Waals surface area contributed by atoms with E-state index in [9.17, 15) is 5.11 Å². The van der Waals surface area contributed by atoms with Crippen LogP contribution in [0.1, 0.15) is 6.92 Å². The number of rotatable bonds is 2. The lowest BCUT2D eigenvalue weighted by Crippen LogP contribution is -2.60. The number of aliphatic hydroxyl groups is 1. The SMILES string of the molecule is CC1(O)CN(CCS)C1. The average molecular weight is 147 g/mol. The van der Waals surface area contributed by atoms with Crippen molar-refractivity contribution in [3.63, 3.8) is 0 Å². The molecule has 0 radical (unpaired) electrons. The van der Waals surface area contributed by atoms with Gasteiger partial charge in [-0.25, -0.2) is 0 Å². The van der Waals surface area contributed by atoms with Gasteiger partial charge in [0.05, 0.1) is 5.60 Å². The minimum absolute atomic E-state index is 0.414. The molecule has 9 heavy (non-hydrogen) atoms. The highest BCUT2D eigenvalue weighted by molar-refractivity contribution is 7.80. The summed E-state index contributed by atoms with van der Waals surface area (Å²) in [5.41, 5.74) is -0.414. The summed E-state index contributed by atoms with van der Waals surface area (Å²) in [6.45, 7) is 4.49. The fourth-order valence-corrected chi connectivity index (χ4v) is 1.50. The molecule has 0 amide bonds. The molecule has 1 heterocycles. The number of β-amino-alcohol motifs (C(OH)–C–C–N with tert-alkyl or cyclic N) is 1. The normalized spacial score (nSPS) is 25.7. The van der Waals surface area contributed by atoms with Crippen LogP contribution >= 0.6 is 12.6 Å². The van der Waals surface area contributed by atoms with E-state index in [0.717, 1.165) is 25.4 Å². The molecule has 1 saturated heterocycles. The summed E-state index contributed by atoms with van der Waals surface area (Å²) in [5, 5.41) is 9.24. The van der Waals surface area contributed by atoms with Crippen LogP contribution in [0.4, 0.5) is 0 Å². The van der Waals surface area contributed by atoms with Gasteiger partial charge in [0.2, 0.25) is 0 Å². The zero-order chi connectivity index (χ0) is 6.91. The lowest BCUT2D eigenvalue weighted by molar-refractivity contribution is -0.0801. The van der Waals surface area contributed by atoms with Crippen LogP contribution in [0, 0.1) is 0 Å². The van der Waals surface area contributed by atoms with Gasteiger partial charge in [0.25, 0.3) is 0 Å². The summed E-state index contributed by atoms with van der Waals surface area (Å²) in [6, 6.07) is 0. The maximum absolute atomic E-state index is 9.24. The number of likely N-dealkylation sites (tertiary alicyclic amines) is 1. The highest BCUT2D eigenvalue weighted by atomic mass is 32.1. The van der Waals surface area contributed by atoms with Crippen LogP contribution in [-0.2, 0) is 0 Å². The van der Waals surface area contributed by atoms with Gasteiger partial charge in [0, 0.05) is 25.4 Å². The van der Waals surface area contributed by atoms with Crippen molar-refractivity contribution in [3.05, 3.63) is 0 Å². The van der Waals surface area contributed by atoms with Crippen molar-refractivity contribution in [2.45, 2.75) is 12.5 Å². The maximum atomic E-state index is 9.24. The van der Waals surface area contributed by atoms with Crippen LogP contribution in [0.25, 0.3) is 0 Å². The van der Waals surface area contributed by atoms with E-state index in [0.29, 0.717) is 0 Å². The first kappa shape index (κ1) is 7.38. The summed E-state index contributed by atoms with van der Waals surface area (Å²) in [7, 11) is 0. The van der Waals surface area contributed by atoms with Crippen LogP contribution in [0.2, 0.25) is 0 Å². The van der Waals surface area contributed by atoms with Crippen molar-refractivity contribution in [2.75, 3.05) is 25.4 Å². The topological polar surface area (TPSA) is 23.5 Å². The van der Waals surface area contributed by atoms with E-state index in [1.165, 1.54) is 0 Å². The van der Waals surface area contributed by atoms with E-state index in [-0.39, 0.29) is 0 Å². The first-order chi connectivity index (χ1) is 4.14. The first-order valence-corrected chi connectivity index (χ1v) is 3.83. The lowest BCUT2D eigenvalue weighted by atomic mass is 9.97. The van der Waals surface area contributed by atoms with Crippen LogP contribution in [0.5, 0.6) is 0 Å². The van der Waals surface area contributed by atoms with Crippen LogP contribution in [0.15, 0.2) is 0 Å². The molecule has 1 aliphatic rings. The fraction of sp³-hybridized carbons (Fsp3) is 1.00. The second kappa shape index (κ2) is 2.48. The Hall–Kier alpha value is 0.270. The van der Waals surface area contributed by atoms with Gasteiger partial charge in [0.1, 0.15) is 0 Å². The minimum atomic E-state index is -0.414. The Morgan fingerprint density at radius 1 is 1.67 bits per heavy atom. The molecule has 0 aliphatic carbocycles. The van der Waals surface area contributed by atoms with E-state index in [4.69, 9.17) is 0 Å². The molecule has 0 spiro atoms. The number of hydrogen-bond donors (Lipinski definition) is 2. The molecule has 1 N–H and O–H groups in total. The Balaban J connectivity index is 2.12. The molecule has 1 aliphatic heterocycles. The van der Waals surface area contributed by atoms with Gasteiger partial charge in [-0.05, 0) is 6.92 Å². The quantitative estimate of drug-likeness (QED) is 0.536. The third-order valence-corrected chi connectivity index (χ3v) is 1.74. The highest BCUT2D eigenvalue weighted by Gasteiger charge is 2.35. The van der Waals surface area contributed by atoms with Crippen molar-refractivity contribution < 1.29 is 5.11 Å². The molecule has 0 atom stereocenters. The zero-order valence-corrected chi connectivity index (χ0v) is 6.56. The standard InChI is InChI=1S/C6H13NOS/c1-6(8)4-7(5-6)2-3-9/h8-9H,2-5H2,1H3. The van der Waals surface area contributed by atoms with Gasteiger partial charge in [-0.1, -0.05) is 0 Å². The molecule has 0 aromatic rings. The first-order valence-electron chi connectivity index (χ1n) is 3.20. The Morgan fingerprint density at radius 2 is 2.22 bits per heavy atom. The third kappa shape index (κ3) is 1.85. The van der Waals surface area contributed by atoms with Gasteiger partial charge in [-0.15, -0.1) is 0 Å². The van der Waals surface area contributed by atoms with Gasteiger partial charge < -0.3 is 5.11 Å². The minimum Gasteiger partial charge on any atom is -0.388 e. The van der Waals surface area contributed by atoms with Crippen molar-refractivity contribution in [1.29, 1.82) is 0 Å². The van der Waals surface area contributed by atoms with Gasteiger partial charge in [0.15, 0.2) is 0 Å². The Morgan fingerprint density at radius 3 is 2.56 bits per heavy atom. The molecule has 0 aromatic carbocycles. The Kier molecular flexibility index (Phi) is 2.03. The van der Waals surface area contributed by atoms with Gasteiger partial charge in [-0.3, -0.25) is 4.90 Å². The van der Waals surface area contributed by atoms with Crippen molar-refractivity contribution in [2.24, 2.45) is 0 Å². The van der Waals surface area contributed by atoms with Gasteiger partial charge in [-0.2, -0.15) is 12.6 Å². The Labute approximate surface area is 61.3 Å². The van der Waals surface area contributed by atoms with Crippen LogP contribution < -0.4 is 0 Å². The lowest BCUT2D eigenvalue weighted by Gasteiger charge is -2.44. The number of hydrogen-bond acceptors (Lipinski definition) is 3.